The van der Waals surface area contributed by atoms with Crippen LogP contribution in [-0.2, 0) is 12.6 Å². The number of ether oxygens (including phenoxy) is 1. The van der Waals surface area contributed by atoms with Crippen molar-refractivity contribution in [2.75, 3.05) is 26.7 Å². The first-order valence-corrected chi connectivity index (χ1v) is 9.13. The third-order valence-electron chi connectivity index (χ3n) is 4.30. The molecule has 0 aliphatic rings. The molecule has 0 radical (unpaired) electrons. The first-order valence-electron chi connectivity index (χ1n) is 9.13. The lowest BCUT2D eigenvalue weighted by molar-refractivity contribution is -0.139. The summed E-state index contributed by atoms with van der Waals surface area (Å²) in [5.41, 5.74) is 1.40. The summed E-state index contributed by atoms with van der Waals surface area (Å²) in [6.07, 6.45) is -0.453. The Morgan fingerprint density at radius 1 is 1.13 bits per heavy atom. The molecule has 3 N–H and O–H groups in total. The fourth-order valence-electron chi connectivity index (χ4n) is 2.91. The lowest BCUT2D eigenvalue weighted by atomic mass is 10.1. The van der Waals surface area contributed by atoms with Crippen LogP contribution in [0, 0.1) is 0 Å². The number of aromatic nitrogens is 2. The number of nitrogens with one attached hydrogen (secondary N) is 3. The Morgan fingerprint density at radius 2 is 1.90 bits per heavy atom. The van der Waals surface area contributed by atoms with Gasteiger partial charge in [-0.15, -0.1) is 24.0 Å². The number of hydrogen-bond acceptors (Lipinski definition) is 3. The van der Waals surface area contributed by atoms with Gasteiger partial charge < -0.3 is 20.4 Å². The zero-order valence-corrected chi connectivity index (χ0v) is 18.6. The van der Waals surface area contributed by atoms with E-state index in [2.05, 4.69) is 31.7 Å². The Balaban J connectivity index is 0.00000320. The van der Waals surface area contributed by atoms with E-state index in [-0.39, 0.29) is 37.1 Å². The van der Waals surface area contributed by atoms with Gasteiger partial charge in [-0.2, -0.15) is 13.2 Å². The molecule has 162 valence electrons. The van der Waals surface area contributed by atoms with Gasteiger partial charge >= 0.3 is 6.18 Å². The minimum Gasteiger partial charge on any atom is -0.475 e. The minimum atomic E-state index is -4.50. The molecule has 0 saturated heterocycles. The zero-order valence-electron chi connectivity index (χ0n) is 16.3. The number of rotatable bonds is 7. The van der Waals surface area contributed by atoms with Gasteiger partial charge in [-0.3, -0.25) is 4.99 Å². The smallest absolute Gasteiger partial charge is 0.421 e. The first kappa shape index (κ1) is 23.8. The largest absolute Gasteiger partial charge is 0.475 e. The van der Waals surface area contributed by atoms with Crippen LogP contribution >= 0.6 is 24.0 Å². The van der Waals surface area contributed by atoms with Crippen LogP contribution in [0.4, 0.5) is 13.2 Å². The van der Waals surface area contributed by atoms with E-state index < -0.39 is 17.6 Å². The van der Waals surface area contributed by atoms with E-state index in [1.54, 1.807) is 7.05 Å². The van der Waals surface area contributed by atoms with E-state index >= 15 is 0 Å². The van der Waals surface area contributed by atoms with E-state index in [4.69, 9.17) is 4.74 Å². The fourth-order valence-corrected chi connectivity index (χ4v) is 2.91. The molecular formula is C20H23F3IN5O. The molecule has 2 heterocycles. The van der Waals surface area contributed by atoms with Crippen LogP contribution in [0.25, 0.3) is 10.9 Å². The maximum absolute atomic E-state index is 12.9. The third kappa shape index (κ3) is 6.25. The number of alkyl halides is 3. The average molecular weight is 533 g/mol. The maximum atomic E-state index is 12.9. The number of guanidine groups is 1. The van der Waals surface area contributed by atoms with Gasteiger partial charge in [0.15, 0.2) is 5.96 Å². The number of aromatic amines is 1. The lowest BCUT2D eigenvalue weighted by Crippen LogP contribution is -2.40. The average Bonchev–Trinajstić information content (AvgIpc) is 3.12. The summed E-state index contributed by atoms with van der Waals surface area (Å²) in [6.45, 7) is 0.949. The van der Waals surface area contributed by atoms with Crippen molar-refractivity contribution in [2.45, 2.75) is 12.6 Å². The van der Waals surface area contributed by atoms with E-state index in [1.807, 2.05) is 24.4 Å². The molecule has 0 aliphatic heterocycles. The van der Waals surface area contributed by atoms with Gasteiger partial charge in [0, 0.05) is 36.9 Å². The minimum absolute atomic E-state index is 0. The summed E-state index contributed by atoms with van der Waals surface area (Å²) in [5, 5.41) is 7.37. The van der Waals surface area contributed by atoms with Gasteiger partial charge in [0.1, 0.15) is 12.2 Å². The molecule has 0 fully saturated rings. The molecule has 3 rings (SSSR count). The highest BCUT2D eigenvalue weighted by Gasteiger charge is 2.34. The molecule has 0 unspecified atom stereocenters. The number of benzene rings is 1. The third-order valence-corrected chi connectivity index (χ3v) is 4.30. The number of pyridine rings is 1. The van der Waals surface area contributed by atoms with Gasteiger partial charge in [0.05, 0.1) is 6.54 Å². The number of hydrogen-bond donors (Lipinski definition) is 3. The van der Waals surface area contributed by atoms with Gasteiger partial charge in [0.25, 0.3) is 0 Å². The predicted molar refractivity (Wildman–Crippen MR) is 122 cm³/mol. The quantitative estimate of drug-likeness (QED) is 0.186. The second kappa shape index (κ2) is 11.0. The summed E-state index contributed by atoms with van der Waals surface area (Å²) in [5.74, 6) is 0.120. The molecular weight excluding hydrogens is 510 g/mol. The Bertz CT molecular complexity index is 974. The van der Waals surface area contributed by atoms with Crippen LogP contribution in [0.1, 0.15) is 11.1 Å². The Morgan fingerprint density at radius 3 is 2.67 bits per heavy atom. The molecule has 0 aliphatic carbocycles. The normalized spacial score (nSPS) is 11.8. The second-order valence-electron chi connectivity index (χ2n) is 6.24. The van der Waals surface area contributed by atoms with Gasteiger partial charge in [-0.1, -0.05) is 18.2 Å². The molecule has 10 heteroatoms. The van der Waals surface area contributed by atoms with Gasteiger partial charge in [-0.05, 0) is 30.2 Å². The highest BCUT2D eigenvalue weighted by atomic mass is 127. The van der Waals surface area contributed by atoms with Crippen LogP contribution in [0.5, 0.6) is 5.88 Å². The Labute approximate surface area is 189 Å². The summed E-state index contributed by atoms with van der Waals surface area (Å²) < 4.78 is 44.0. The number of nitrogens with zero attached hydrogens (tertiary/aromatic N) is 2. The van der Waals surface area contributed by atoms with Crippen LogP contribution in [0.15, 0.2) is 53.8 Å². The van der Waals surface area contributed by atoms with E-state index in [9.17, 15) is 13.2 Å². The molecule has 3 aromatic rings. The van der Waals surface area contributed by atoms with Crippen LogP contribution in [-0.4, -0.2) is 42.7 Å². The predicted octanol–water partition coefficient (Wildman–Crippen LogP) is 3.99. The van der Waals surface area contributed by atoms with Crippen molar-refractivity contribution in [3.05, 3.63) is 59.9 Å². The summed E-state index contributed by atoms with van der Waals surface area (Å²) in [4.78, 5) is 11.0. The van der Waals surface area contributed by atoms with Crippen molar-refractivity contribution < 1.29 is 17.9 Å². The Hall–Kier alpha value is -2.50. The van der Waals surface area contributed by atoms with Crippen molar-refractivity contribution in [3.63, 3.8) is 0 Å². The van der Waals surface area contributed by atoms with Crippen LogP contribution < -0.4 is 15.4 Å². The highest BCUT2D eigenvalue weighted by Crippen LogP contribution is 2.34. The van der Waals surface area contributed by atoms with Crippen LogP contribution in [0.3, 0.4) is 0 Å². The number of H-pyrrole nitrogens is 1. The van der Waals surface area contributed by atoms with Crippen molar-refractivity contribution >= 4 is 40.8 Å². The SMILES string of the molecule is CN=C(NCCOc1ncccc1C(F)(F)F)NCCc1c[nH]c2ccccc12.I. The van der Waals surface area contributed by atoms with E-state index in [0.717, 1.165) is 18.0 Å². The lowest BCUT2D eigenvalue weighted by Gasteiger charge is -2.14. The van der Waals surface area contributed by atoms with Gasteiger partial charge in [-0.25, -0.2) is 4.98 Å². The molecule has 0 saturated carbocycles. The topological polar surface area (TPSA) is 74.3 Å². The monoisotopic (exact) mass is 533 g/mol. The maximum Gasteiger partial charge on any atom is 0.421 e. The number of halogens is 4. The first-order chi connectivity index (χ1) is 14.0. The van der Waals surface area contributed by atoms with Crippen LogP contribution in [0.2, 0.25) is 0 Å². The molecule has 6 nitrogen and oxygen atoms in total. The van der Waals surface area contributed by atoms with E-state index in [1.165, 1.54) is 23.2 Å². The zero-order chi connectivity index (χ0) is 20.7. The fraction of sp³-hybridized carbons (Fsp3) is 0.300. The molecule has 1 aromatic carbocycles. The van der Waals surface area contributed by atoms with E-state index in [0.29, 0.717) is 12.5 Å². The molecule has 0 spiro atoms. The van der Waals surface area contributed by atoms with Crippen molar-refractivity contribution in [1.29, 1.82) is 0 Å². The second-order valence-corrected chi connectivity index (χ2v) is 6.24. The molecule has 30 heavy (non-hydrogen) atoms. The van der Waals surface area contributed by atoms with Crippen molar-refractivity contribution in [1.82, 2.24) is 20.6 Å². The number of para-hydroxylation sites is 1. The van der Waals surface area contributed by atoms with Crippen molar-refractivity contribution in [3.8, 4) is 5.88 Å². The highest BCUT2D eigenvalue weighted by molar-refractivity contribution is 14.0. The molecule has 0 amide bonds. The molecule has 0 bridgehead atoms. The number of aliphatic imine (C=N–C) groups is 1. The summed E-state index contributed by atoms with van der Waals surface area (Å²) >= 11 is 0. The molecule has 2 aromatic heterocycles. The summed E-state index contributed by atoms with van der Waals surface area (Å²) in [6, 6.07) is 10.3. The molecule has 0 atom stereocenters. The standard InChI is InChI=1S/C20H22F3N5O.HI/c1-24-19(26-10-8-14-13-28-17-7-3-2-5-15(14)17)27-11-12-29-18-16(20(21,22)23)6-4-9-25-18;/h2-7,9,13,28H,8,10-12H2,1H3,(H2,24,26,27);1H. The van der Waals surface area contributed by atoms with Crippen molar-refractivity contribution in [2.24, 2.45) is 4.99 Å². The Kier molecular flexibility index (Phi) is 8.75. The number of fused-ring (bicyclic) bond motifs is 1. The van der Waals surface area contributed by atoms with Gasteiger partial charge in [0.2, 0.25) is 5.88 Å². The summed E-state index contributed by atoms with van der Waals surface area (Å²) in [7, 11) is 1.63.